The highest BCUT2D eigenvalue weighted by atomic mass is 19.3. The van der Waals surface area contributed by atoms with Crippen LogP contribution in [0.5, 0.6) is 0 Å². The van der Waals surface area contributed by atoms with E-state index in [2.05, 4.69) is 15.2 Å². The van der Waals surface area contributed by atoms with Crippen molar-refractivity contribution >= 4 is 0 Å². The lowest BCUT2D eigenvalue weighted by molar-refractivity contribution is 0.116. The number of nitrogens with zero attached hydrogens (tertiary/aromatic N) is 4. The molecule has 3 heterocycles. The Morgan fingerprint density at radius 2 is 2.08 bits per heavy atom. The minimum atomic E-state index is -2.84. The van der Waals surface area contributed by atoms with E-state index in [0.717, 1.165) is 11.3 Å². The predicted molar refractivity (Wildman–Crippen MR) is 81.6 cm³/mol. The van der Waals surface area contributed by atoms with Gasteiger partial charge >= 0.3 is 6.43 Å². The molecule has 0 saturated heterocycles. The van der Waals surface area contributed by atoms with Gasteiger partial charge in [-0.15, -0.1) is 10.2 Å². The molecule has 0 N–H and O–H groups in total. The largest absolute Gasteiger partial charge is 0.415 e. The van der Waals surface area contributed by atoms with Gasteiger partial charge in [0.1, 0.15) is 0 Å². The van der Waals surface area contributed by atoms with Crippen LogP contribution in [0.3, 0.4) is 0 Å². The molecule has 0 atom stereocenters. The first kappa shape index (κ1) is 16.0. The molecule has 0 aromatic carbocycles. The van der Waals surface area contributed by atoms with E-state index in [0.29, 0.717) is 18.5 Å². The van der Waals surface area contributed by atoms with Crippen LogP contribution in [0.15, 0.2) is 45.9 Å². The maximum absolute atomic E-state index is 12.5. The van der Waals surface area contributed by atoms with Crippen LogP contribution < -0.4 is 5.56 Å². The Morgan fingerprint density at radius 1 is 1.25 bits per heavy atom. The maximum atomic E-state index is 12.5. The average molecular weight is 332 g/mol. The fourth-order valence-electron chi connectivity index (χ4n) is 2.16. The smallest absolute Gasteiger partial charge is 0.314 e. The molecule has 124 valence electrons. The number of rotatable bonds is 5. The summed E-state index contributed by atoms with van der Waals surface area (Å²) in [6.07, 6.45) is 1.17. The highest BCUT2D eigenvalue weighted by Crippen LogP contribution is 2.22. The second kappa shape index (κ2) is 6.69. The molecule has 0 radical (unpaired) electrons. The fraction of sp³-hybridized carbons (Fsp3) is 0.250. The van der Waals surface area contributed by atoms with Crippen molar-refractivity contribution in [1.29, 1.82) is 0 Å². The Kier molecular flexibility index (Phi) is 4.45. The van der Waals surface area contributed by atoms with E-state index in [-0.39, 0.29) is 11.4 Å². The summed E-state index contributed by atoms with van der Waals surface area (Å²) in [7, 11) is 0. The monoisotopic (exact) mass is 332 g/mol. The third-order valence-electron chi connectivity index (χ3n) is 3.48. The molecule has 0 saturated carbocycles. The van der Waals surface area contributed by atoms with Crippen molar-refractivity contribution in [3.8, 4) is 11.5 Å². The summed E-state index contributed by atoms with van der Waals surface area (Å²) in [6, 6.07) is 6.75. The van der Waals surface area contributed by atoms with Gasteiger partial charge in [-0.25, -0.2) is 0 Å². The number of aryl methyl sites for hydroxylation is 3. The van der Waals surface area contributed by atoms with E-state index in [9.17, 15) is 13.6 Å². The van der Waals surface area contributed by atoms with Gasteiger partial charge in [0.05, 0.1) is 0 Å². The Morgan fingerprint density at radius 3 is 2.71 bits per heavy atom. The summed E-state index contributed by atoms with van der Waals surface area (Å²) in [5, 5.41) is 6.77. The van der Waals surface area contributed by atoms with Crippen molar-refractivity contribution in [1.82, 2.24) is 19.7 Å². The lowest BCUT2D eigenvalue weighted by Crippen LogP contribution is -2.19. The van der Waals surface area contributed by atoms with Crippen LogP contribution in [0.4, 0.5) is 8.78 Å². The van der Waals surface area contributed by atoms with Crippen molar-refractivity contribution in [2.45, 2.75) is 26.3 Å². The Hall–Kier alpha value is -2.90. The van der Waals surface area contributed by atoms with E-state index in [1.165, 1.54) is 10.6 Å². The first-order valence-corrected chi connectivity index (χ1v) is 7.27. The Labute approximate surface area is 135 Å². The molecule has 6 nitrogen and oxygen atoms in total. The van der Waals surface area contributed by atoms with Crippen molar-refractivity contribution in [2.24, 2.45) is 0 Å². The molecule has 0 unspecified atom stereocenters. The number of hydrogen-bond donors (Lipinski definition) is 0. The van der Waals surface area contributed by atoms with E-state index < -0.39 is 12.3 Å². The number of pyridine rings is 2. The van der Waals surface area contributed by atoms with Crippen molar-refractivity contribution in [2.75, 3.05) is 0 Å². The number of aromatic nitrogens is 4. The summed E-state index contributed by atoms with van der Waals surface area (Å²) in [4.78, 5) is 16.3. The third-order valence-corrected chi connectivity index (χ3v) is 3.48. The molecule has 0 fully saturated rings. The topological polar surface area (TPSA) is 73.8 Å². The summed E-state index contributed by atoms with van der Waals surface area (Å²) < 4.78 is 31.3. The second-order valence-corrected chi connectivity index (χ2v) is 5.25. The maximum Gasteiger partial charge on any atom is 0.314 e. The van der Waals surface area contributed by atoms with Crippen molar-refractivity contribution in [3.63, 3.8) is 0 Å². The fourth-order valence-corrected chi connectivity index (χ4v) is 2.16. The van der Waals surface area contributed by atoms with Gasteiger partial charge in [0.25, 0.3) is 11.4 Å². The normalized spacial score (nSPS) is 11.2. The second-order valence-electron chi connectivity index (χ2n) is 5.25. The molecule has 0 spiro atoms. The van der Waals surface area contributed by atoms with Crippen LogP contribution >= 0.6 is 0 Å². The van der Waals surface area contributed by atoms with Crippen LogP contribution in [0.2, 0.25) is 0 Å². The van der Waals surface area contributed by atoms with E-state index in [1.54, 1.807) is 18.5 Å². The molecule has 0 amide bonds. The minimum Gasteiger partial charge on any atom is -0.415 e. The lowest BCUT2D eigenvalue weighted by atomic mass is 10.2. The molecule has 3 aromatic heterocycles. The summed E-state index contributed by atoms with van der Waals surface area (Å²) >= 11 is 0. The standard InChI is InChI=1S/C16H14F2N4O2/c1-10-2-3-11(9-19-10)4-6-22-7-5-12(8-13(22)23)15-20-21-16(24-15)14(17)18/h2-3,5,7-9,14H,4,6H2,1H3. The van der Waals surface area contributed by atoms with Crippen LogP contribution in [0.25, 0.3) is 11.5 Å². The number of hydrogen-bond acceptors (Lipinski definition) is 5. The number of halogens is 2. The molecule has 8 heteroatoms. The zero-order valence-corrected chi connectivity index (χ0v) is 12.8. The zero-order valence-electron chi connectivity index (χ0n) is 12.8. The van der Waals surface area contributed by atoms with Gasteiger partial charge in [0, 0.05) is 36.3 Å². The third kappa shape index (κ3) is 3.53. The molecule has 3 rings (SSSR count). The van der Waals surface area contributed by atoms with Crippen LogP contribution in [-0.2, 0) is 13.0 Å². The number of alkyl halides is 2. The SMILES string of the molecule is Cc1ccc(CCn2ccc(-c3nnc(C(F)F)o3)cc2=O)cn1. The molecular formula is C16H14F2N4O2. The van der Waals surface area contributed by atoms with E-state index in [1.807, 2.05) is 19.1 Å². The molecule has 0 bridgehead atoms. The predicted octanol–water partition coefficient (Wildman–Crippen LogP) is 2.78. The van der Waals surface area contributed by atoms with Gasteiger partial charge in [0.2, 0.25) is 5.89 Å². The summed E-state index contributed by atoms with van der Waals surface area (Å²) in [6.45, 7) is 2.39. The highest BCUT2D eigenvalue weighted by molar-refractivity contribution is 5.50. The van der Waals surface area contributed by atoms with Crippen LogP contribution in [-0.4, -0.2) is 19.7 Å². The highest BCUT2D eigenvalue weighted by Gasteiger charge is 2.17. The van der Waals surface area contributed by atoms with Crippen molar-refractivity contribution < 1.29 is 13.2 Å². The first-order valence-electron chi connectivity index (χ1n) is 7.27. The van der Waals surface area contributed by atoms with Crippen LogP contribution in [0.1, 0.15) is 23.6 Å². The quantitative estimate of drug-likeness (QED) is 0.718. The van der Waals surface area contributed by atoms with Gasteiger partial charge in [-0.2, -0.15) is 8.78 Å². The van der Waals surface area contributed by atoms with Crippen molar-refractivity contribution in [3.05, 3.63) is 64.2 Å². The molecule has 0 aliphatic rings. The summed E-state index contributed by atoms with van der Waals surface area (Å²) in [5.74, 6) is -0.863. The molecule has 3 aromatic rings. The Balaban J connectivity index is 1.74. The Bertz CT molecular complexity index is 888. The van der Waals surface area contributed by atoms with Crippen LogP contribution in [0, 0.1) is 6.92 Å². The average Bonchev–Trinajstić information content (AvgIpc) is 3.05. The van der Waals surface area contributed by atoms with E-state index >= 15 is 0 Å². The van der Waals surface area contributed by atoms with E-state index in [4.69, 9.17) is 4.42 Å². The lowest BCUT2D eigenvalue weighted by Gasteiger charge is -2.06. The molecular weight excluding hydrogens is 318 g/mol. The minimum absolute atomic E-state index is 0.0997. The first-order chi connectivity index (χ1) is 11.5. The van der Waals surface area contributed by atoms with Gasteiger partial charge in [0.15, 0.2) is 0 Å². The molecule has 0 aliphatic heterocycles. The molecule has 0 aliphatic carbocycles. The molecule has 24 heavy (non-hydrogen) atoms. The summed E-state index contributed by atoms with van der Waals surface area (Å²) in [5.41, 5.74) is 2.00. The van der Waals surface area contributed by atoms with Gasteiger partial charge < -0.3 is 8.98 Å². The zero-order chi connectivity index (χ0) is 17.1. The van der Waals surface area contributed by atoms with Gasteiger partial charge in [-0.1, -0.05) is 6.07 Å². The van der Waals surface area contributed by atoms with Gasteiger partial charge in [-0.05, 0) is 31.0 Å². The van der Waals surface area contributed by atoms with Gasteiger partial charge in [-0.3, -0.25) is 9.78 Å².